The lowest BCUT2D eigenvalue weighted by Gasteiger charge is -2.33. The van der Waals surface area contributed by atoms with E-state index in [0.717, 1.165) is 12.1 Å². The summed E-state index contributed by atoms with van der Waals surface area (Å²) in [5.41, 5.74) is -1.75. The van der Waals surface area contributed by atoms with Gasteiger partial charge in [0.15, 0.2) is 0 Å². The number of hydrogen-bond donors (Lipinski definition) is 3. The van der Waals surface area contributed by atoms with Gasteiger partial charge in [0.1, 0.15) is 5.84 Å². The number of hydrogen-bond acceptors (Lipinski definition) is 3. The van der Waals surface area contributed by atoms with Crippen LogP contribution in [-0.4, -0.2) is 40.8 Å². The lowest BCUT2D eigenvalue weighted by Crippen LogP contribution is -2.40. The number of likely N-dealkylation sites (tertiary alicyclic amines) is 1. The number of rotatable bonds is 4. The zero-order valence-electron chi connectivity index (χ0n) is 16.5. The average molecular weight is 488 g/mol. The van der Waals surface area contributed by atoms with E-state index in [-0.39, 0.29) is 40.2 Å². The van der Waals surface area contributed by atoms with E-state index < -0.39 is 35.1 Å². The van der Waals surface area contributed by atoms with E-state index in [4.69, 9.17) is 33.7 Å². The van der Waals surface area contributed by atoms with E-state index >= 15 is 0 Å². The van der Waals surface area contributed by atoms with Crippen molar-refractivity contribution in [1.29, 1.82) is 5.41 Å². The smallest absolute Gasteiger partial charge is 0.417 e. The van der Waals surface area contributed by atoms with Gasteiger partial charge in [-0.1, -0.05) is 35.3 Å². The van der Waals surface area contributed by atoms with E-state index in [0.29, 0.717) is 12.8 Å². The molecule has 1 heterocycles. The molecule has 3 rings (SSSR count). The fourth-order valence-corrected chi connectivity index (χ4v) is 4.08. The Labute approximate surface area is 191 Å². The molecule has 2 aromatic carbocycles. The molecule has 32 heavy (non-hydrogen) atoms. The molecule has 1 saturated heterocycles. The van der Waals surface area contributed by atoms with Crippen molar-refractivity contribution in [2.24, 2.45) is 5.92 Å². The number of carbonyl (C=O) groups is 2. The number of carbonyl (C=O) groups excluding carboxylic acids is 1. The van der Waals surface area contributed by atoms with Gasteiger partial charge in [-0.25, -0.2) is 0 Å². The number of amides is 1. The Balaban J connectivity index is 1.91. The minimum absolute atomic E-state index is 0.0425. The monoisotopic (exact) mass is 487 g/mol. The Bertz CT molecular complexity index is 1070. The van der Waals surface area contributed by atoms with Gasteiger partial charge in [-0.3, -0.25) is 15.0 Å². The number of anilines is 1. The molecule has 0 aliphatic carbocycles. The summed E-state index contributed by atoms with van der Waals surface area (Å²) in [6.07, 6.45) is -4.13. The predicted molar refractivity (Wildman–Crippen MR) is 115 cm³/mol. The predicted octanol–water partition coefficient (Wildman–Crippen LogP) is 5.39. The highest BCUT2D eigenvalue weighted by atomic mass is 35.5. The lowest BCUT2D eigenvalue weighted by molar-refractivity contribution is -0.143. The molecule has 11 heteroatoms. The molecule has 2 aromatic rings. The van der Waals surface area contributed by atoms with Crippen molar-refractivity contribution >= 4 is 46.6 Å². The number of carboxylic acid groups (broad SMARTS) is 1. The van der Waals surface area contributed by atoms with Crippen LogP contribution in [0.1, 0.15) is 34.3 Å². The second-order valence-electron chi connectivity index (χ2n) is 7.22. The third-order valence-corrected chi connectivity index (χ3v) is 5.84. The molecule has 0 aromatic heterocycles. The summed E-state index contributed by atoms with van der Waals surface area (Å²) in [7, 11) is 0. The van der Waals surface area contributed by atoms with Crippen LogP contribution >= 0.6 is 23.2 Å². The van der Waals surface area contributed by atoms with Crippen molar-refractivity contribution in [3.05, 3.63) is 63.1 Å². The van der Waals surface area contributed by atoms with Gasteiger partial charge in [-0.15, -0.1) is 0 Å². The summed E-state index contributed by atoms with van der Waals surface area (Å²) in [5, 5.41) is 19.8. The molecular weight excluding hydrogens is 470 g/mol. The number of alkyl halides is 3. The van der Waals surface area contributed by atoms with Crippen LogP contribution in [0.3, 0.4) is 0 Å². The number of nitrogens with zero attached hydrogens (tertiary/aromatic N) is 1. The number of amidine groups is 1. The highest BCUT2D eigenvalue weighted by Gasteiger charge is 2.36. The van der Waals surface area contributed by atoms with Gasteiger partial charge in [0.05, 0.1) is 38.3 Å². The molecule has 1 amide bonds. The molecule has 0 radical (unpaired) electrons. The number of nitrogens with one attached hydrogen (secondary N) is 2. The molecule has 0 atom stereocenters. The quantitative estimate of drug-likeness (QED) is 0.398. The minimum atomic E-state index is -4.80. The molecule has 0 bridgehead atoms. The Kier molecular flexibility index (Phi) is 7.00. The third kappa shape index (κ3) is 4.99. The summed E-state index contributed by atoms with van der Waals surface area (Å²) in [6.45, 7) is 0.578. The van der Waals surface area contributed by atoms with Gasteiger partial charge in [0.2, 0.25) is 0 Å². The van der Waals surface area contributed by atoms with Crippen LogP contribution in [0.4, 0.5) is 18.9 Å². The minimum Gasteiger partial charge on any atom is -0.481 e. The number of halogens is 5. The number of piperidine rings is 1. The van der Waals surface area contributed by atoms with Crippen LogP contribution in [0.15, 0.2) is 36.4 Å². The highest BCUT2D eigenvalue weighted by molar-refractivity contribution is 6.36. The lowest BCUT2D eigenvalue weighted by atomic mass is 9.96. The summed E-state index contributed by atoms with van der Waals surface area (Å²) < 4.78 is 40.2. The maximum Gasteiger partial charge on any atom is 0.417 e. The van der Waals surface area contributed by atoms with Gasteiger partial charge in [-0.05, 0) is 37.1 Å². The topological polar surface area (TPSA) is 93.5 Å². The Morgan fingerprint density at radius 1 is 1.03 bits per heavy atom. The van der Waals surface area contributed by atoms with Crippen molar-refractivity contribution in [3.63, 3.8) is 0 Å². The van der Waals surface area contributed by atoms with Gasteiger partial charge >= 0.3 is 12.1 Å². The molecule has 3 N–H and O–H groups in total. The van der Waals surface area contributed by atoms with E-state index in [1.54, 1.807) is 4.90 Å². The van der Waals surface area contributed by atoms with E-state index in [1.807, 2.05) is 0 Å². The van der Waals surface area contributed by atoms with Crippen LogP contribution in [0.2, 0.25) is 10.0 Å². The van der Waals surface area contributed by atoms with Crippen LogP contribution < -0.4 is 5.32 Å². The Hall–Kier alpha value is -2.78. The molecule has 0 unspecified atom stereocenters. The summed E-state index contributed by atoms with van der Waals surface area (Å²) >= 11 is 12.2. The average Bonchev–Trinajstić information content (AvgIpc) is 2.72. The fourth-order valence-electron chi connectivity index (χ4n) is 3.55. The molecule has 6 nitrogen and oxygen atoms in total. The van der Waals surface area contributed by atoms with Gasteiger partial charge in [0, 0.05) is 13.1 Å². The SMILES string of the molecule is N=C(c1c(Cl)cccc1NC(=O)c1c(Cl)cccc1C(F)(F)F)N1CCC(C(=O)O)CC1. The van der Waals surface area contributed by atoms with Crippen molar-refractivity contribution in [2.75, 3.05) is 18.4 Å². The van der Waals surface area contributed by atoms with Crippen LogP contribution in [0.5, 0.6) is 0 Å². The molecule has 170 valence electrons. The van der Waals surface area contributed by atoms with E-state index in [1.165, 1.54) is 24.3 Å². The van der Waals surface area contributed by atoms with Crippen LogP contribution in [0, 0.1) is 11.3 Å². The second kappa shape index (κ2) is 9.38. The van der Waals surface area contributed by atoms with Crippen molar-refractivity contribution < 1.29 is 27.9 Å². The second-order valence-corrected chi connectivity index (χ2v) is 8.04. The zero-order chi connectivity index (χ0) is 23.6. The Morgan fingerprint density at radius 3 is 2.16 bits per heavy atom. The Morgan fingerprint density at radius 2 is 1.59 bits per heavy atom. The van der Waals surface area contributed by atoms with E-state index in [2.05, 4.69) is 5.32 Å². The summed E-state index contributed by atoms with van der Waals surface area (Å²) in [4.78, 5) is 25.6. The first-order valence-electron chi connectivity index (χ1n) is 9.53. The van der Waals surface area contributed by atoms with Crippen molar-refractivity contribution in [1.82, 2.24) is 4.90 Å². The van der Waals surface area contributed by atoms with Crippen molar-refractivity contribution in [2.45, 2.75) is 19.0 Å². The van der Waals surface area contributed by atoms with Crippen molar-refractivity contribution in [3.8, 4) is 0 Å². The maximum absolute atomic E-state index is 13.4. The van der Waals surface area contributed by atoms with Gasteiger partial charge in [-0.2, -0.15) is 13.2 Å². The molecule has 1 fully saturated rings. The largest absolute Gasteiger partial charge is 0.481 e. The van der Waals surface area contributed by atoms with Crippen LogP contribution in [-0.2, 0) is 11.0 Å². The van der Waals surface area contributed by atoms with Gasteiger partial charge in [0.25, 0.3) is 5.91 Å². The highest BCUT2D eigenvalue weighted by Crippen LogP contribution is 2.36. The first-order valence-corrected chi connectivity index (χ1v) is 10.3. The standard InChI is InChI=1S/C21H18Cl2F3N3O3/c22-13-4-1-3-12(21(24,25)26)16(13)19(30)28-15-6-2-5-14(23)17(15)18(27)29-9-7-11(8-10-29)20(31)32/h1-6,11,27H,7-10H2,(H,28,30)(H,31,32). The number of carboxylic acids is 1. The number of benzene rings is 2. The first-order chi connectivity index (χ1) is 15.0. The van der Waals surface area contributed by atoms with Crippen LogP contribution in [0.25, 0.3) is 0 Å². The third-order valence-electron chi connectivity index (χ3n) is 5.21. The maximum atomic E-state index is 13.4. The molecular formula is C21H18Cl2F3N3O3. The van der Waals surface area contributed by atoms with Gasteiger partial charge < -0.3 is 15.3 Å². The fraction of sp³-hybridized carbons (Fsp3) is 0.286. The molecule has 1 aliphatic heterocycles. The first kappa shape index (κ1) is 23.9. The molecule has 1 aliphatic rings. The zero-order valence-corrected chi connectivity index (χ0v) is 18.0. The molecule has 0 spiro atoms. The number of aliphatic carboxylic acids is 1. The summed E-state index contributed by atoms with van der Waals surface area (Å²) in [6, 6.07) is 7.43. The van der Waals surface area contributed by atoms with E-state index in [9.17, 15) is 22.8 Å². The normalized spacial score (nSPS) is 14.8. The summed E-state index contributed by atoms with van der Waals surface area (Å²) in [5.74, 6) is -2.57. The molecule has 0 saturated carbocycles.